The van der Waals surface area contributed by atoms with Crippen molar-refractivity contribution in [2.24, 2.45) is 5.92 Å². The third kappa shape index (κ3) is 5.38. The van der Waals surface area contributed by atoms with Gasteiger partial charge in [-0.3, -0.25) is 0 Å². The van der Waals surface area contributed by atoms with E-state index >= 15 is 0 Å². The molecule has 2 aromatic rings. The number of anilines is 1. The molecule has 5 heteroatoms. The monoisotopic (exact) mass is 439 g/mol. The van der Waals surface area contributed by atoms with Crippen molar-refractivity contribution >= 4 is 5.69 Å². The van der Waals surface area contributed by atoms with Crippen molar-refractivity contribution in [3.8, 4) is 11.5 Å². The molecule has 0 radical (unpaired) electrons. The Labute approximate surface area is 192 Å². The zero-order valence-electron chi connectivity index (χ0n) is 19.6. The lowest BCUT2D eigenvalue weighted by Gasteiger charge is -2.42. The van der Waals surface area contributed by atoms with E-state index in [1.807, 2.05) is 44.2 Å². The Morgan fingerprint density at radius 1 is 1.09 bits per heavy atom. The molecule has 0 unspecified atom stereocenters. The second-order valence-electron chi connectivity index (χ2n) is 9.69. The first-order valence-electron chi connectivity index (χ1n) is 12.0. The molecule has 4 rings (SSSR count). The minimum atomic E-state index is -0.727. The molecule has 5 nitrogen and oxygen atoms in total. The smallest absolute Gasteiger partial charge is 0.132 e. The largest absolute Gasteiger partial charge is 0.497 e. The number of methoxy groups -OCH3 is 1. The molecule has 32 heavy (non-hydrogen) atoms. The van der Waals surface area contributed by atoms with Crippen LogP contribution in [0.3, 0.4) is 0 Å². The normalized spacial score (nSPS) is 22.6. The summed E-state index contributed by atoms with van der Waals surface area (Å²) in [6.07, 6.45) is 6.59. The summed E-state index contributed by atoms with van der Waals surface area (Å²) in [6, 6.07) is 14.1. The minimum Gasteiger partial charge on any atom is -0.497 e. The number of rotatable bonds is 8. The summed E-state index contributed by atoms with van der Waals surface area (Å²) in [5.74, 6) is 2.39. The highest BCUT2D eigenvalue weighted by molar-refractivity contribution is 5.54. The Morgan fingerprint density at radius 3 is 2.69 bits per heavy atom. The van der Waals surface area contributed by atoms with E-state index in [1.54, 1.807) is 7.11 Å². The molecule has 2 aromatic carbocycles. The second-order valence-corrected chi connectivity index (χ2v) is 9.69. The van der Waals surface area contributed by atoms with Gasteiger partial charge < -0.3 is 24.6 Å². The van der Waals surface area contributed by atoms with Crippen molar-refractivity contribution in [2.45, 2.75) is 76.7 Å². The highest BCUT2D eigenvalue weighted by Gasteiger charge is 2.43. The van der Waals surface area contributed by atoms with Gasteiger partial charge in [-0.15, -0.1) is 0 Å². The fraction of sp³-hybridized carbons (Fsp3) is 0.556. The molecule has 0 spiro atoms. The molecular weight excluding hydrogens is 402 g/mol. The highest BCUT2D eigenvalue weighted by atomic mass is 16.5. The molecule has 1 saturated carbocycles. The van der Waals surface area contributed by atoms with Gasteiger partial charge in [0.15, 0.2) is 0 Å². The lowest BCUT2D eigenvalue weighted by Crippen LogP contribution is -2.49. The summed E-state index contributed by atoms with van der Waals surface area (Å²) < 4.78 is 17.8. The van der Waals surface area contributed by atoms with Gasteiger partial charge in [0.05, 0.1) is 7.11 Å². The second kappa shape index (κ2) is 10.1. The molecular formula is C27H37NO4. The third-order valence-corrected chi connectivity index (χ3v) is 6.87. The van der Waals surface area contributed by atoms with Crippen LogP contribution < -0.4 is 14.8 Å². The first-order chi connectivity index (χ1) is 15.5. The molecule has 2 aliphatic rings. The van der Waals surface area contributed by atoms with E-state index in [4.69, 9.17) is 14.2 Å². The number of ether oxygens (including phenoxy) is 3. The van der Waals surface area contributed by atoms with Gasteiger partial charge in [0.1, 0.15) is 29.3 Å². The predicted octanol–water partition coefficient (Wildman–Crippen LogP) is 5.87. The van der Waals surface area contributed by atoms with Crippen molar-refractivity contribution in [2.75, 3.05) is 19.0 Å². The zero-order chi connectivity index (χ0) is 22.6. The lowest BCUT2D eigenvalue weighted by molar-refractivity contribution is -0.136. The van der Waals surface area contributed by atoms with Crippen LogP contribution in [-0.4, -0.2) is 30.5 Å². The lowest BCUT2D eigenvalue weighted by atomic mass is 9.86. The van der Waals surface area contributed by atoms with Crippen LogP contribution in [0.1, 0.15) is 69.6 Å². The number of fused-ring (bicyclic) bond motifs is 1. The van der Waals surface area contributed by atoms with Crippen LogP contribution in [0.4, 0.5) is 5.69 Å². The number of hydrogen-bond acceptors (Lipinski definition) is 5. The van der Waals surface area contributed by atoms with Gasteiger partial charge in [-0.05, 0) is 62.1 Å². The van der Waals surface area contributed by atoms with Gasteiger partial charge in [-0.2, -0.15) is 0 Å². The Hall–Kier alpha value is -2.24. The number of nitrogens with one attached hydrogen (secondary N) is 1. The van der Waals surface area contributed by atoms with Gasteiger partial charge in [0.2, 0.25) is 0 Å². The van der Waals surface area contributed by atoms with Gasteiger partial charge in [0.25, 0.3) is 0 Å². The van der Waals surface area contributed by atoms with Crippen LogP contribution in [0.25, 0.3) is 0 Å². The maximum atomic E-state index is 11.1. The Balaban J connectivity index is 1.46. The van der Waals surface area contributed by atoms with Gasteiger partial charge >= 0.3 is 0 Å². The van der Waals surface area contributed by atoms with E-state index in [1.165, 1.54) is 32.1 Å². The topological polar surface area (TPSA) is 60.0 Å². The zero-order valence-corrected chi connectivity index (χ0v) is 19.6. The average molecular weight is 440 g/mol. The van der Waals surface area contributed by atoms with Crippen LogP contribution in [-0.2, 0) is 11.3 Å². The van der Waals surface area contributed by atoms with E-state index in [2.05, 4.69) is 17.4 Å². The van der Waals surface area contributed by atoms with E-state index < -0.39 is 17.8 Å². The molecule has 0 aromatic heterocycles. The van der Waals surface area contributed by atoms with Gasteiger partial charge in [0, 0.05) is 24.4 Å². The molecule has 2 N–H and O–H groups in total. The van der Waals surface area contributed by atoms with Crippen LogP contribution >= 0.6 is 0 Å². The summed E-state index contributed by atoms with van der Waals surface area (Å²) in [6.45, 7) is 5.20. The van der Waals surface area contributed by atoms with Crippen LogP contribution in [0, 0.1) is 5.92 Å². The van der Waals surface area contributed by atoms with Crippen LogP contribution in [0.15, 0.2) is 42.5 Å². The van der Waals surface area contributed by atoms with Crippen LogP contribution in [0.2, 0.25) is 0 Å². The van der Waals surface area contributed by atoms with E-state index in [0.29, 0.717) is 13.2 Å². The third-order valence-electron chi connectivity index (χ3n) is 6.87. The Kier molecular flexibility index (Phi) is 7.27. The van der Waals surface area contributed by atoms with E-state index in [9.17, 15) is 5.11 Å². The molecule has 174 valence electrons. The SMILES string of the molecule is COc1cccc(CNc2ccc3c(c2)[C@@H](OCCC2CCCCC2)[C@H](O)C(C)(C)O3)c1. The number of benzene rings is 2. The van der Waals surface area contributed by atoms with Gasteiger partial charge in [-0.1, -0.05) is 44.2 Å². The molecule has 1 fully saturated rings. The summed E-state index contributed by atoms with van der Waals surface area (Å²) in [4.78, 5) is 0. The molecule has 1 aliphatic carbocycles. The molecule has 1 aliphatic heterocycles. The van der Waals surface area contributed by atoms with Gasteiger partial charge in [-0.25, -0.2) is 0 Å². The average Bonchev–Trinajstić information content (AvgIpc) is 2.81. The fourth-order valence-corrected chi connectivity index (χ4v) is 4.86. The minimum absolute atomic E-state index is 0.393. The first-order valence-corrected chi connectivity index (χ1v) is 12.0. The van der Waals surface area contributed by atoms with E-state index in [-0.39, 0.29) is 0 Å². The van der Waals surface area contributed by atoms with Crippen molar-refractivity contribution in [1.82, 2.24) is 0 Å². The fourth-order valence-electron chi connectivity index (χ4n) is 4.86. The molecule has 2 atom stereocenters. The maximum absolute atomic E-state index is 11.1. The van der Waals surface area contributed by atoms with E-state index in [0.717, 1.165) is 40.7 Å². The maximum Gasteiger partial charge on any atom is 0.132 e. The summed E-state index contributed by atoms with van der Waals surface area (Å²) in [5.41, 5.74) is 2.33. The molecule has 1 heterocycles. The number of aliphatic hydroxyl groups excluding tert-OH is 1. The summed E-state index contributed by atoms with van der Waals surface area (Å²) >= 11 is 0. The number of hydrogen-bond donors (Lipinski definition) is 2. The highest BCUT2D eigenvalue weighted by Crippen LogP contribution is 2.43. The Bertz CT molecular complexity index is 891. The molecule has 0 bridgehead atoms. The van der Waals surface area contributed by atoms with Crippen LogP contribution in [0.5, 0.6) is 11.5 Å². The molecule has 0 amide bonds. The van der Waals surface area contributed by atoms with Crippen molar-refractivity contribution in [1.29, 1.82) is 0 Å². The van der Waals surface area contributed by atoms with Crippen molar-refractivity contribution in [3.63, 3.8) is 0 Å². The quantitative estimate of drug-likeness (QED) is 0.539. The summed E-state index contributed by atoms with van der Waals surface area (Å²) in [5, 5.41) is 14.5. The standard InChI is InChI=1S/C27H37NO4/c1-27(2)26(29)25(31-15-14-19-8-5-4-6-9-19)23-17-21(12-13-24(23)32-27)28-18-20-10-7-11-22(16-20)30-3/h7,10-13,16-17,19,25-26,28-29H,4-6,8-9,14-15,18H2,1-3H3/t25-,26+/m1/s1. The summed E-state index contributed by atoms with van der Waals surface area (Å²) in [7, 11) is 1.68. The molecule has 0 saturated heterocycles. The van der Waals surface area contributed by atoms with Crippen molar-refractivity contribution < 1.29 is 19.3 Å². The number of aliphatic hydroxyl groups is 1. The first kappa shape index (κ1) is 22.9. The van der Waals surface area contributed by atoms with Crippen molar-refractivity contribution in [3.05, 3.63) is 53.6 Å². The predicted molar refractivity (Wildman–Crippen MR) is 127 cm³/mol. The Morgan fingerprint density at radius 2 is 1.91 bits per heavy atom.